The predicted octanol–water partition coefficient (Wildman–Crippen LogP) is -1.61. The van der Waals surface area contributed by atoms with Crippen molar-refractivity contribution in [1.29, 1.82) is 0 Å². The highest BCUT2D eigenvalue weighted by molar-refractivity contribution is 7.17. The molecule has 1 aliphatic carbocycles. The van der Waals surface area contributed by atoms with E-state index in [4.69, 9.17) is 33.5 Å². The summed E-state index contributed by atoms with van der Waals surface area (Å²) >= 11 is 0.796. The van der Waals surface area contributed by atoms with Crippen LogP contribution in [0.3, 0.4) is 0 Å². The number of thiophene rings is 1. The molecular formula is C41H47N5O21S. The van der Waals surface area contributed by atoms with Crippen molar-refractivity contribution in [2.24, 2.45) is 0 Å². The minimum atomic E-state index is -2.01. The van der Waals surface area contributed by atoms with Gasteiger partial charge in [0.2, 0.25) is 18.1 Å². The van der Waals surface area contributed by atoms with Crippen LogP contribution in [-0.2, 0) is 76.8 Å². The number of likely N-dealkylation sites (tertiary alicyclic amines) is 1. The number of carbonyl (C=O) groups excluding carboxylic acids is 6. The number of carboxylic acid groups (broad SMARTS) is 3. The van der Waals surface area contributed by atoms with Crippen LogP contribution >= 0.6 is 11.3 Å². The van der Waals surface area contributed by atoms with Crippen LogP contribution in [0.5, 0.6) is 5.75 Å². The molecule has 1 aromatic heterocycles. The topological polar surface area (TPSA) is 373 Å². The van der Waals surface area contributed by atoms with Crippen molar-refractivity contribution in [3.63, 3.8) is 0 Å². The maximum atomic E-state index is 13.2. The summed E-state index contributed by atoms with van der Waals surface area (Å²) in [6, 6.07) is 3.95. The number of nitrogens with one attached hydrogen (secondary N) is 3. The number of carbonyl (C=O) groups is 9. The number of aliphatic hydroxyl groups excluding tert-OH is 3. The first kappa shape index (κ1) is 50.8. The number of aliphatic carboxylic acids is 2. The summed E-state index contributed by atoms with van der Waals surface area (Å²) in [5, 5.41) is 66.1. The number of imide groups is 1. The first-order chi connectivity index (χ1) is 32.4. The molecule has 1 aromatic carbocycles. The molecule has 368 valence electrons. The standard InChI is InChI=1S/C41H47N5O21S/c47-26(5-9-62-11-13-64-14-12-63-10-8-46-35(53)21-16-22(21)36(46)54)42-6-3-27(48)43-23-15-19(1-2-24(23)66-40-31(51)29(49)30(50)32(67-40)38(57)58)18-65-41(61)45-7-4-20-25(17-45)68-34(28(20)37(55)56)44-33(52)39(59)60/h1-2,15,29-32,40,49-51H,3-14,16-18H2,(H,42,47)(H,43,48)(H,44,52)(H,55,56)(H,57,58)(H,59,60)/t29-,30-,31+,32-,40+/m0/s1. The molecule has 6 amide bonds. The van der Waals surface area contributed by atoms with Crippen LogP contribution in [0.15, 0.2) is 29.3 Å². The van der Waals surface area contributed by atoms with E-state index in [1.54, 1.807) is 0 Å². The van der Waals surface area contributed by atoms with Gasteiger partial charge in [0.15, 0.2) is 6.10 Å². The lowest BCUT2D eigenvalue weighted by Gasteiger charge is -2.38. The number of aliphatic hydroxyl groups is 3. The molecule has 27 heteroatoms. The molecule has 3 aliphatic heterocycles. The number of rotatable bonds is 23. The van der Waals surface area contributed by atoms with E-state index in [9.17, 15) is 68.7 Å². The summed E-state index contributed by atoms with van der Waals surface area (Å²) in [7, 11) is 0. The summed E-state index contributed by atoms with van der Waals surface area (Å²) in [4.78, 5) is 112. The Bertz CT molecular complexity index is 2330. The molecule has 9 N–H and O–H groups in total. The first-order valence-corrected chi connectivity index (χ1v) is 21.7. The first-order valence-electron chi connectivity index (χ1n) is 20.9. The van der Waals surface area contributed by atoms with Gasteiger partial charge in [0.05, 0.1) is 64.0 Å². The third kappa shape index (κ3) is 12.7. The van der Waals surface area contributed by atoms with Crippen molar-refractivity contribution in [2.45, 2.75) is 69.5 Å². The van der Waals surface area contributed by atoms with Gasteiger partial charge in [-0.25, -0.2) is 19.2 Å². The van der Waals surface area contributed by atoms with Gasteiger partial charge in [0, 0.05) is 48.4 Å². The number of fused-ring (bicyclic) bond motifs is 1. The largest absolute Gasteiger partial charge is 0.479 e. The predicted molar refractivity (Wildman–Crippen MR) is 225 cm³/mol. The second-order valence-electron chi connectivity index (χ2n) is 15.3. The van der Waals surface area contributed by atoms with Crippen LogP contribution in [0.1, 0.15) is 45.6 Å². The number of hydrogen-bond donors (Lipinski definition) is 9. The Morgan fingerprint density at radius 1 is 0.809 bits per heavy atom. The third-order valence-electron chi connectivity index (χ3n) is 10.6. The van der Waals surface area contributed by atoms with E-state index in [0.29, 0.717) is 28.0 Å². The fourth-order valence-electron chi connectivity index (χ4n) is 7.05. The summed E-state index contributed by atoms with van der Waals surface area (Å²) in [5.74, 6) is -8.16. The number of anilines is 2. The van der Waals surface area contributed by atoms with Gasteiger partial charge in [-0.15, -0.1) is 11.3 Å². The maximum Gasteiger partial charge on any atom is 0.410 e. The highest BCUT2D eigenvalue weighted by Crippen LogP contribution is 2.40. The van der Waals surface area contributed by atoms with E-state index < -0.39 is 79.0 Å². The van der Waals surface area contributed by atoms with E-state index >= 15 is 0 Å². The van der Waals surface area contributed by atoms with E-state index in [0.717, 1.165) is 16.2 Å². The Kier molecular flexibility index (Phi) is 17.1. The molecule has 4 heterocycles. The molecule has 0 unspecified atom stereocenters. The lowest BCUT2D eigenvalue weighted by Crippen LogP contribution is -2.61. The number of piperidine rings is 1. The van der Waals surface area contributed by atoms with Crippen LogP contribution in [0.25, 0.3) is 0 Å². The Morgan fingerprint density at radius 3 is 2.15 bits per heavy atom. The zero-order valence-corrected chi connectivity index (χ0v) is 36.7. The molecule has 0 saturated carbocycles. The molecule has 0 bridgehead atoms. The van der Waals surface area contributed by atoms with E-state index in [1.165, 1.54) is 23.1 Å². The quantitative estimate of drug-likeness (QED) is 0.0344. The fraction of sp³-hybridized carbons (Fsp3) is 0.488. The highest BCUT2D eigenvalue weighted by Gasteiger charge is 2.49. The fourth-order valence-corrected chi connectivity index (χ4v) is 8.30. The van der Waals surface area contributed by atoms with Gasteiger partial charge in [0.25, 0.3) is 11.8 Å². The molecule has 2 aromatic rings. The molecule has 6 rings (SSSR count). The van der Waals surface area contributed by atoms with Gasteiger partial charge in [-0.1, -0.05) is 6.07 Å². The molecule has 0 radical (unpaired) electrons. The molecule has 4 aliphatic rings. The van der Waals surface area contributed by atoms with Gasteiger partial charge in [-0.2, -0.15) is 0 Å². The smallest absolute Gasteiger partial charge is 0.410 e. The summed E-state index contributed by atoms with van der Waals surface area (Å²) in [5.41, 5.74) is 1.35. The molecular weight excluding hydrogens is 931 g/mol. The monoisotopic (exact) mass is 977 g/mol. The average molecular weight is 978 g/mol. The lowest BCUT2D eigenvalue weighted by atomic mass is 9.99. The average Bonchev–Trinajstić information content (AvgIpc) is 3.96. The molecule has 5 atom stereocenters. The molecule has 68 heavy (non-hydrogen) atoms. The van der Waals surface area contributed by atoms with Crippen molar-refractivity contribution in [1.82, 2.24) is 15.1 Å². The zero-order valence-electron chi connectivity index (χ0n) is 35.8. The number of amides is 6. The van der Waals surface area contributed by atoms with Crippen molar-refractivity contribution in [2.75, 3.05) is 69.9 Å². The highest BCUT2D eigenvalue weighted by atomic mass is 32.1. The summed E-state index contributed by atoms with van der Waals surface area (Å²) < 4.78 is 32.6. The lowest BCUT2D eigenvalue weighted by molar-refractivity contribution is -0.271. The summed E-state index contributed by atoms with van der Waals surface area (Å²) in [6.07, 6.45) is -10.5. The van der Waals surface area contributed by atoms with Gasteiger partial charge in [0.1, 0.15) is 35.7 Å². The number of aromatic carboxylic acids is 1. The second-order valence-corrected chi connectivity index (χ2v) is 16.4. The van der Waals surface area contributed by atoms with Gasteiger partial charge >= 0.3 is 29.9 Å². The van der Waals surface area contributed by atoms with Crippen LogP contribution in [-0.4, -0.2) is 184 Å². The Hall–Kier alpha value is -6.59. The van der Waals surface area contributed by atoms with Crippen molar-refractivity contribution < 1.29 is 102 Å². The zero-order chi connectivity index (χ0) is 49.2. The van der Waals surface area contributed by atoms with Gasteiger partial charge in [-0.05, 0) is 29.7 Å². The molecule has 0 spiro atoms. The van der Waals surface area contributed by atoms with E-state index in [2.05, 4.69) is 16.0 Å². The third-order valence-corrected chi connectivity index (χ3v) is 11.8. The number of nitrogens with zero attached hydrogens (tertiary/aromatic N) is 2. The van der Waals surface area contributed by atoms with Crippen LogP contribution in [0, 0.1) is 0 Å². The molecule has 1 fully saturated rings. The van der Waals surface area contributed by atoms with Crippen LogP contribution in [0.2, 0.25) is 0 Å². The minimum Gasteiger partial charge on any atom is -0.479 e. The van der Waals surface area contributed by atoms with Crippen LogP contribution < -0.4 is 20.7 Å². The Morgan fingerprint density at radius 2 is 1.49 bits per heavy atom. The number of benzene rings is 1. The van der Waals surface area contributed by atoms with E-state index in [1.807, 2.05) is 0 Å². The normalized spacial score (nSPS) is 20.6. The number of hydrogen-bond acceptors (Lipinski definition) is 19. The van der Waals surface area contributed by atoms with Crippen molar-refractivity contribution in [3.05, 3.63) is 50.9 Å². The number of ether oxygens (including phenoxy) is 6. The SMILES string of the molecule is O=C(CCOCCOCCOCCN1C(=O)C2=C(C2)C1=O)NCCC(=O)Nc1cc(COC(=O)N2CCc3c(sc(NC(=O)C(=O)O)c3C(=O)O)C2)ccc1O[C@@H]1O[C@H](C(=O)O)[C@@H](O)[C@H](O)[C@H]1O. The van der Waals surface area contributed by atoms with E-state index in [-0.39, 0.29) is 124 Å². The van der Waals surface area contributed by atoms with Crippen molar-refractivity contribution in [3.8, 4) is 5.75 Å². The van der Waals surface area contributed by atoms with Crippen LogP contribution in [0.4, 0.5) is 15.5 Å². The Labute approximate surface area is 388 Å². The maximum absolute atomic E-state index is 13.2. The van der Waals surface area contributed by atoms with Gasteiger partial charge in [-0.3, -0.25) is 28.9 Å². The second kappa shape index (κ2) is 22.9. The number of carboxylic acids is 3. The van der Waals surface area contributed by atoms with Gasteiger partial charge < -0.3 is 79.9 Å². The molecule has 1 saturated heterocycles. The minimum absolute atomic E-state index is 0.00220. The Balaban J connectivity index is 0.960. The molecule has 26 nitrogen and oxygen atoms in total. The van der Waals surface area contributed by atoms with Crippen molar-refractivity contribution >= 4 is 75.6 Å². The summed E-state index contributed by atoms with van der Waals surface area (Å²) in [6.45, 7) is 0.585.